The summed E-state index contributed by atoms with van der Waals surface area (Å²) in [6.07, 6.45) is 0. The molecule has 1 N–H and O–H groups in total. The molecule has 0 aliphatic rings. The van der Waals surface area contributed by atoms with Gasteiger partial charge >= 0.3 is 6.03 Å². The lowest BCUT2D eigenvalue weighted by Crippen LogP contribution is -2.40. The van der Waals surface area contributed by atoms with Crippen LogP contribution in [0.15, 0.2) is 48.5 Å². The van der Waals surface area contributed by atoms with E-state index in [9.17, 15) is 4.79 Å². The van der Waals surface area contributed by atoms with Gasteiger partial charge in [-0.2, -0.15) is 0 Å². The number of nitrogens with zero attached hydrogens (tertiary/aromatic N) is 1. The summed E-state index contributed by atoms with van der Waals surface area (Å²) < 4.78 is 0. The van der Waals surface area contributed by atoms with Gasteiger partial charge in [-0.15, -0.1) is 0 Å². The summed E-state index contributed by atoms with van der Waals surface area (Å²) in [5.41, 5.74) is 1.32. The number of nitrogens with one attached hydrogen (secondary N) is 1. The standard InChI is InChI=1S/C16H16Cl2N2O/c1-11(2)20(12-7-4-3-5-8-12)16(21)19-14-10-6-9-13(17)15(14)18/h3-11H,1-2H3,(H,19,21). The SMILES string of the molecule is CC(C)N(C(=O)Nc1cccc(Cl)c1Cl)c1ccccc1. The first kappa shape index (κ1) is 15.7. The molecular formula is C16H16Cl2N2O. The maximum Gasteiger partial charge on any atom is 0.326 e. The highest BCUT2D eigenvalue weighted by atomic mass is 35.5. The molecule has 0 atom stereocenters. The lowest BCUT2D eigenvalue weighted by atomic mass is 10.2. The Labute approximate surface area is 134 Å². The number of carbonyl (C=O) groups is 1. The summed E-state index contributed by atoms with van der Waals surface area (Å²) in [5, 5.41) is 3.55. The fraction of sp³-hybridized carbons (Fsp3) is 0.188. The quantitative estimate of drug-likeness (QED) is 0.801. The van der Waals surface area contributed by atoms with Gasteiger partial charge in [0.05, 0.1) is 15.7 Å². The molecule has 2 rings (SSSR count). The molecule has 0 fully saturated rings. The average molecular weight is 323 g/mol. The number of urea groups is 1. The Morgan fingerprint density at radius 3 is 2.33 bits per heavy atom. The average Bonchev–Trinajstić information content (AvgIpc) is 2.45. The number of para-hydroxylation sites is 1. The van der Waals surface area contributed by atoms with Crippen molar-refractivity contribution in [2.75, 3.05) is 10.2 Å². The zero-order chi connectivity index (χ0) is 15.4. The van der Waals surface area contributed by atoms with Crippen molar-refractivity contribution in [3.8, 4) is 0 Å². The van der Waals surface area contributed by atoms with Crippen molar-refractivity contribution in [2.45, 2.75) is 19.9 Å². The van der Waals surface area contributed by atoms with Gasteiger partial charge in [0.1, 0.15) is 0 Å². The molecule has 0 radical (unpaired) electrons. The van der Waals surface area contributed by atoms with Crippen molar-refractivity contribution in [1.82, 2.24) is 0 Å². The normalized spacial score (nSPS) is 10.5. The smallest absolute Gasteiger partial charge is 0.306 e. The summed E-state index contributed by atoms with van der Waals surface area (Å²) in [6, 6.07) is 14.4. The van der Waals surface area contributed by atoms with Crippen LogP contribution in [0.25, 0.3) is 0 Å². The molecule has 0 unspecified atom stereocenters. The first-order valence-electron chi connectivity index (χ1n) is 6.60. The third-order valence-corrected chi connectivity index (χ3v) is 3.78. The Morgan fingerprint density at radius 2 is 1.71 bits per heavy atom. The summed E-state index contributed by atoms with van der Waals surface area (Å²) in [5.74, 6) is 0. The Balaban J connectivity index is 2.26. The second-order valence-electron chi connectivity index (χ2n) is 4.83. The van der Waals surface area contributed by atoms with Crippen LogP contribution in [0, 0.1) is 0 Å². The predicted octanol–water partition coefficient (Wildman–Crippen LogP) is 5.44. The van der Waals surface area contributed by atoms with E-state index < -0.39 is 0 Å². The zero-order valence-electron chi connectivity index (χ0n) is 11.8. The van der Waals surface area contributed by atoms with E-state index in [1.807, 2.05) is 44.2 Å². The highest BCUT2D eigenvalue weighted by molar-refractivity contribution is 6.44. The maximum atomic E-state index is 12.5. The monoisotopic (exact) mass is 322 g/mol. The van der Waals surface area contributed by atoms with Gasteiger partial charge in [0.2, 0.25) is 0 Å². The summed E-state index contributed by atoms with van der Waals surface area (Å²) in [7, 11) is 0. The molecule has 0 saturated heterocycles. The van der Waals surface area contributed by atoms with Crippen molar-refractivity contribution >= 4 is 40.6 Å². The second-order valence-corrected chi connectivity index (χ2v) is 5.62. The van der Waals surface area contributed by atoms with Crippen molar-refractivity contribution in [3.63, 3.8) is 0 Å². The third-order valence-electron chi connectivity index (χ3n) is 2.96. The van der Waals surface area contributed by atoms with E-state index in [1.54, 1.807) is 23.1 Å². The van der Waals surface area contributed by atoms with Crippen LogP contribution in [0.1, 0.15) is 13.8 Å². The third kappa shape index (κ3) is 3.69. The van der Waals surface area contributed by atoms with Gasteiger partial charge in [0.25, 0.3) is 0 Å². The van der Waals surface area contributed by atoms with Crippen LogP contribution in [0.5, 0.6) is 0 Å². The summed E-state index contributed by atoms with van der Waals surface area (Å²) >= 11 is 12.1. The summed E-state index contributed by atoms with van der Waals surface area (Å²) in [4.78, 5) is 14.2. The minimum Gasteiger partial charge on any atom is -0.306 e. The highest BCUT2D eigenvalue weighted by Gasteiger charge is 2.20. The van der Waals surface area contributed by atoms with E-state index >= 15 is 0 Å². The number of amides is 2. The Kier molecular flexibility index (Phi) is 5.10. The van der Waals surface area contributed by atoms with Gasteiger partial charge in [-0.1, -0.05) is 47.5 Å². The molecule has 0 spiro atoms. The van der Waals surface area contributed by atoms with E-state index in [4.69, 9.17) is 23.2 Å². The molecule has 2 amide bonds. The molecule has 110 valence electrons. The van der Waals surface area contributed by atoms with E-state index in [2.05, 4.69) is 5.32 Å². The highest BCUT2D eigenvalue weighted by Crippen LogP contribution is 2.30. The lowest BCUT2D eigenvalue weighted by molar-refractivity contribution is 0.255. The summed E-state index contributed by atoms with van der Waals surface area (Å²) in [6.45, 7) is 3.90. The Morgan fingerprint density at radius 1 is 1.05 bits per heavy atom. The van der Waals surface area contributed by atoms with Crippen molar-refractivity contribution in [1.29, 1.82) is 0 Å². The van der Waals surface area contributed by atoms with E-state index in [-0.39, 0.29) is 12.1 Å². The molecule has 3 nitrogen and oxygen atoms in total. The van der Waals surface area contributed by atoms with Crippen LogP contribution in [-0.4, -0.2) is 12.1 Å². The minimum absolute atomic E-state index is 0.00496. The molecule has 0 aliphatic carbocycles. The van der Waals surface area contributed by atoms with Crippen molar-refractivity contribution < 1.29 is 4.79 Å². The van der Waals surface area contributed by atoms with Gasteiger partial charge < -0.3 is 5.32 Å². The number of hydrogen-bond acceptors (Lipinski definition) is 1. The molecule has 0 saturated carbocycles. The largest absolute Gasteiger partial charge is 0.326 e. The van der Waals surface area contributed by atoms with Gasteiger partial charge in [-0.05, 0) is 38.1 Å². The number of halogens is 2. The number of hydrogen-bond donors (Lipinski definition) is 1. The second kappa shape index (κ2) is 6.83. The molecular weight excluding hydrogens is 307 g/mol. The number of carbonyl (C=O) groups excluding carboxylic acids is 1. The topological polar surface area (TPSA) is 32.3 Å². The zero-order valence-corrected chi connectivity index (χ0v) is 13.3. The lowest BCUT2D eigenvalue weighted by Gasteiger charge is -2.27. The molecule has 0 aromatic heterocycles. The van der Waals surface area contributed by atoms with Crippen LogP contribution < -0.4 is 10.2 Å². The molecule has 0 bridgehead atoms. The first-order chi connectivity index (χ1) is 10.0. The van der Waals surface area contributed by atoms with Gasteiger partial charge in [0.15, 0.2) is 0 Å². The number of rotatable bonds is 3. The van der Waals surface area contributed by atoms with Crippen LogP contribution in [0.3, 0.4) is 0 Å². The van der Waals surface area contributed by atoms with Gasteiger partial charge in [-0.25, -0.2) is 4.79 Å². The molecule has 0 aliphatic heterocycles. The molecule has 2 aromatic rings. The molecule has 21 heavy (non-hydrogen) atoms. The van der Waals surface area contributed by atoms with Gasteiger partial charge in [0, 0.05) is 11.7 Å². The van der Waals surface area contributed by atoms with Crippen molar-refractivity contribution in [2.24, 2.45) is 0 Å². The van der Waals surface area contributed by atoms with Crippen LogP contribution >= 0.6 is 23.2 Å². The number of benzene rings is 2. The molecule has 5 heteroatoms. The fourth-order valence-electron chi connectivity index (χ4n) is 2.01. The fourth-order valence-corrected chi connectivity index (χ4v) is 2.36. The maximum absolute atomic E-state index is 12.5. The van der Waals surface area contributed by atoms with E-state index in [0.29, 0.717) is 15.7 Å². The number of anilines is 2. The van der Waals surface area contributed by atoms with Crippen LogP contribution in [0.2, 0.25) is 10.0 Å². The van der Waals surface area contributed by atoms with E-state index in [1.165, 1.54) is 0 Å². The van der Waals surface area contributed by atoms with Crippen molar-refractivity contribution in [3.05, 3.63) is 58.6 Å². The van der Waals surface area contributed by atoms with Gasteiger partial charge in [-0.3, -0.25) is 4.90 Å². The van der Waals surface area contributed by atoms with E-state index in [0.717, 1.165) is 5.69 Å². The Bertz CT molecular complexity index is 629. The molecule has 0 heterocycles. The van der Waals surface area contributed by atoms with Crippen LogP contribution in [-0.2, 0) is 0 Å². The minimum atomic E-state index is -0.250. The predicted molar refractivity (Wildman–Crippen MR) is 89.5 cm³/mol. The Hall–Kier alpha value is -1.71. The molecule has 2 aromatic carbocycles. The first-order valence-corrected chi connectivity index (χ1v) is 7.35. The van der Waals surface area contributed by atoms with Crippen LogP contribution in [0.4, 0.5) is 16.2 Å².